The molecule has 0 unspecified atom stereocenters. The third-order valence-electron chi connectivity index (χ3n) is 1.91. The summed E-state index contributed by atoms with van der Waals surface area (Å²) >= 11 is 0. The number of hydrogen-bond donors (Lipinski definition) is 2. The van der Waals surface area contributed by atoms with Gasteiger partial charge in [-0.1, -0.05) is 0 Å². The largest absolute Gasteiger partial charge is 0.462 e. The van der Waals surface area contributed by atoms with Crippen molar-refractivity contribution in [3.8, 4) is 0 Å². The second-order valence-electron chi connectivity index (χ2n) is 3.51. The number of hydrogen-bond acceptors (Lipinski definition) is 3. The highest BCUT2D eigenvalue weighted by Gasteiger charge is 2.27. The van der Waals surface area contributed by atoms with Crippen molar-refractivity contribution in [2.24, 2.45) is 0 Å². The lowest BCUT2D eigenvalue weighted by molar-refractivity contribution is -0.119. The van der Waals surface area contributed by atoms with Gasteiger partial charge >= 0.3 is 0 Å². The number of halogens is 2. The SMILES string of the molecule is Cc1ccc(/C=C/C(=O)NCC(F)(F)CO)o1. The first-order chi connectivity index (χ1) is 7.93. The normalized spacial score (nSPS) is 12.0. The Bertz CT molecular complexity index is 413. The van der Waals surface area contributed by atoms with Gasteiger partial charge in [-0.3, -0.25) is 4.79 Å². The Kier molecular flexibility index (Phi) is 4.39. The third-order valence-corrected chi connectivity index (χ3v) is 1.91. The summed E-state index contributed by atoms with van der Waals surface area (Å²) in [6, 6.07) is 3.37. The summed E-state index contributed by atoms with van der Waals surface area (Å²) < 4.78 is 30.3. The topological polar surface area (TPSA) is 62.5 Å². The molecule has 1 heterocycles. The van der Waals surface area contributed by atoms with Crippen LogP contribution in [0.1, 0.15) is 11.5 Å². The van der Waals surface area contributed by atoms with Gasteiger partial charge in [0.25, 0.3) is 5.92 Å². The molecule has 0 radical (unpaired) electrons. The Balaban J connectivity index is 2.42. The molecule has 0 atom stereocenters. The Labute approximate surface area is 96.9 Å². The van der Waals surface area contributed by atoms with Gasteiger partial charge in [0.2, 0.25) is 5.91 Å². The van der Waals surface area contributed by atoms with E-state index < -0.39 is 25.0 Å². The second kappa shape index (κ2) is 5.58. The van der Waals surface area contributed by atoms with Crippen LogP contribution in [0.15, 0.2) is 22.6 Å². The van der Waals surface area contributed by atoms with Crippen molar-refractivity contribution in [1.29, 1.82) is 0 Å². The summed E-state index contributed by atoms with van der Waals surface area (Å²) in [5.74, 6) is -2.82. The highest BCUT2D eigenvalue weighted by atomic mass is 19.3. The van der Waals surface area contributed by atoms with Crippen LogP contribution in [0.4, 0.5) is 8.78 Å². The predicted molar refractivity (Wildman–Crippen MR) is 57.5 cm³/mol. The molecule has 0 aromatic carbocycles. The number of furan rings is 1. The van der Waals surface area contributed by atoms with Gasteiger partial charge in [-0.2, -0.15) is 0 Å². The van der Waals surface area contributed by atoms with E-state index in [1.165, 1.54) is 6.08 Å². The molecule has 0 saturated carbocycles. The number of nitrogens with one attached hydrogen (secondary N) is 1. The number of aliphatic hydroxyl groups is 1. The molecule has 0 bridgehead atoms. The smallest absolute Gasteiger partial charge is 0.287 e. The third kappa shape index (κ3) is 4.78. The van der Waals surface area contributed by atoms with Crippen LogP contribution in [0.25, 0.3) is 6.08 Å². The van der Waals surface area contributed by atoms with Crippen LogP contribution in [-0.2, 0) is 4.79 Å². The minimum atomic E-state index is -3.30. The molecule has 0 aliphatic heterocycles. The molecule has 1 aromatic heterocycles. The van der Waals surface area contributed by atoms with Gasteiger partial charge in [0.1, 0.15) is 18.1 Å². The standard InChI is InChI=1S/C11H13F2NO3/c1-8-2-3-9(17-8)4-5-10(16)14-6-11(12,13)7-15/h2-5,15H,6-7H2,1H3,(H,14,16)/b5-4+. The van der Waals surface area contributed by atoms with Gasteiger partial charge < -0.3 is 14.8 Å². The number of amides is 1. The van der Waals surface area contributed by atoms with E-state index in [1.807, 2.05) is 5.32 Å². The summed E-state index contributed by atoms with van der Waals surface area (Å²) in [5, 5.41) is 10.3. The maximum atomic E-state index is 12.6. The zero-order valence-electron chi connectivity index (χ0n) is 9.24. The maximum absolute atomic E-state index is 12.6. The molecule has 94 valence electrons. The fourth-order valence-electron chi connectivity index (χ4n) is 1.03. The first-order valence-corrected chi connectivity index (χ1v) is 4.94. The van der Waals surface area contributed by atoms with Crippen molar-refractivity contribution in [3.63, 3.8) is 0 Å². The summed E-state index contributed by atoms with van der Waals surface area (Å²) in [7, 11) is 0. The lowest BCUT2D eigenvalue weighted by Gasteiger charge is -2.12. The Hall–Kier alpha value is -1.69. The first kappa shape index (κ1) is 13.4. The molecule has 17 heavy (non-hydrogen) atoms. The van der Waals surface area contributed by atoms with Crippen LogP contribution in [0.3, 0.4) is 0 Å². The van der Waals surface area contributed by atoms with E-state index in [0.717, 1.165) is 6.08 Å². The van der Waals surface area contributed by atoms with Crippen LogP contribution in [0.2, 0.25) is 0 Å². The monoisotopic (exact) mass is 245 g/mol. The quantitative estimate of drug-likeness (QED) is 0.769. The van der Waals surface area contributed by atoms with E-state index in [2.05, 4.69) is 0 Å². The highest BCUT2D eigenvalue weighted by molar-refractivity contribution is 5.91. The van der Waals surface area contributed by atoms with E-state index in [0.29, 0.717) is 11.5 Å². The van der Waals surface area contributed by atoms with Crippen molar-refractivity contribution >= 4 is 12.0 Å². The van der Waals surface area contributed by atoms with E-state index in [4.69, 9.17) is 9.52 Å². The number of carbonyl (C=O) groups is 1. The van der Waals surface area contributed by atoms with E-state index in [-0.39, 0.29) is 0 Å². The fraction of sp³-hybridized carbons (Fsp3) is 0.364. The number of carbonyl (C=O) groups excluding carboxylic acids is 1. The summed E-state index contributed by atoms with van der Waals surface area (Å²) in [6.07, 6.45) is 2.46. The van der Waals surface area contributed by atoms with Gasteiger partial charge in [-0.25, -0.2) is 8.78 Å². The molecule has 2 N–H and O–H groups in total. The molecule has 6 heteroatoms. The summed E-state index contributed by atoms with van der Waals surface area (Å²) in [6.45, 7) is -0.447. The van der Waals surface area contributed by atoms with Crippen molar-refractivity contribution in [2.75, 3.05) is 13.2 Å². The summed E-state index contributed by atoms with van der Waals surface area (Å²) in [4.78, 5) is 11.1. The van der Waals surface area contributed by atoms with Crippen LogP contribution >= 0.6 is 0 Å². The molecule has 4 nitrogen and oxygen atoms in total. The van der Waals surface area contributed by atoms with Crippen LogP contribution < -0.4 is 5.32 Å². The van der Waals surface area contributed by atoms with Crippen molar-refractivity contribution < 1.29 is 23.1 Å². The van der Waals surface area contributed by atoms with Crippen LogP contribution in [0.5, 0.6) is 0 Å². The number of rotatable bonds is 5. The molecular formula is C11H13F2NO3. The van der Waals surface area contributed by atoms with Gasteiger partial charge in [-0.15, -0.1) is 0 Å². The Morgan fingerprint density at radius 1 is 1.59 bits per heavy atom. The Morgan fingerprint density at radius 3 is 2.82 bits per heavy atom. The molecule has 1 amide bonds. The zero-order valence-corrected chi connectivity index (χ0v) is 9.24. The molecular weight excluding hydrogens is 232 g/mol. The zero-order chi connectivity index (χ0) is 12.9. The minimum Gasteiger partial charge on any atom is -0.462 e. The molecule has 1 aromatic rings. The van der Waals surface area contributed by atoms with E-state index in [9.17, 15) is 13.6 Å². The Morgan fingerprint density at radius 2 is 2.29 bits per heavy atom. The van der Waals surface area contributed by atoms with Crippen LogP contribution in [0, 0.1) is 6.92 Å². The first-order valence-electron chi connectivity index (χ1n) is 4.94. The number of aryl methyl sites for hydroxylation is 1. The lowest BCUT2D eigenvalue weighted by atomic mass is 10.3. The predicted octanol–water partition coefficient (Wildman–Crippen LogP) is 1.35. The van der Waals surface area contributed by atoms with Crippen LogP contribution in [-0.4, -0.2) is 30.1 Å². The van der Waals surface area contributed by atoms with Gasteiger partial charge in [0, 0.05) is 6.08 Å². The maximum Gasteiger partial charge on any atom is 0.287 e. The fourth-order valence-corrected chi connectivity index (χ4v) is 1.03. The average molecular weight is 245 g/mol. The van der Waals surface area contributed by atoms with Gasteiger partial charge in [-0.05, 0) is 25.1 Å². The highest BCUT2D eigenvalue weighted by Crippen LogP contribution is 2.10. The van der Waals surface area contributed by atoms with Gasteiger partial charge in [0.15, 0.2) is 0 Å². The average Bonchev–Trinajstić information content (AvgIpc) is 2.70. The molecule has 0 aliphatic carbocycles. The molecule has 0 aliphatic rings. The van der Waals surface area contributed by atoms with Crippen molar-refractivity contribution in [1.82, 2.24) is 5.32 Å². The number of alkyl halides is 2. The van der Waals surface area contributed by atoms with Crippen molar-refractivity contribution in [3.05, 3.63) is 29.7 Å². The number of aliphatic hydroxyl groups excluding tert-OH is 1. The van der Waals surface area contributed by atoms with Crippen molar-refractivity contribution in [2.45, 2.75) is 12.8 Å². The molecule has 1 rings (SSSR count). The molecule has 0 spiro atoms. The van der Waals surface area contributed by atoms with Gasteiger partial charge in [0.05, 0.1) is 6.54 Å². The second-order valence-corrected chi connectivity index (χ2v) is 3.51. The van der Waals surface area contributed by atoms with E-state index in [1.54, 1.807) is 19.1 Å². The van der Waals surface area contributed by atoms with E-state index >= 15 is 0 Å². The molecule has 0 fully saturated rings. The lowest BCUT2D eigenvalue weighted by Crippen LogP contribution is -2.38. The summed E-state index contributed by atoms with van der Waals surface area (Å²) in [5.41, 5.74) is 0. The molecule has 0 saturated heterocycles. The minimum absolute atomic E-state index is 0.464.